The molecular formula is C11H12BrClN2O. The first kappa shape index (κ1) is 13.4. The van der Waals surface area contributed by atoms with E-state index in [2.05, 4.69) is 20.9 Å². The zero-order valence-corrected chi connectivity index (χ0v) is 11.1. The molecule has 0 saturated carbocycles. The predicted octanol–water partition coefficient (Wildman–Crippen LogP) is 2.72. The van der Waals surface area contributed by atoms with Crippen LogP contribution in [0, 0.1) is 0 Å². The number of benzene rings is 1. The second-order valence-corrected chi connectivity index (χ2v) is 4.15. The summed E-state index contributed by atoms with van der Waals surface area (Å²) in [5, 5.41) is 8.65. The Hall–Kier alpha value is -0.680. The molecule has 0 radical (unpaired) electrons. The van der Waals surface area contributed by atoms with E-state index < -0.39 is 0 Å². The van der Waals surface area contributed by atoms with E-state index in [0.29, 0.717) is 16.2 Å². The Labute approximate surface area is 107 Å². The van der Waals surface area contributed by atoms with Gasteiger partial charge in [-0.05, 0) is 33.6 Å². The molecule has 0 spiro atoms. The van der Waals surface area contributed by atoms with Crippen molar-refractivity contribution in [3.63, 3.8) is 0 Å². The van der Waals surface area contributed by atoms with E-state index in [4.69, 9.17) is 22.4 Å². The van der Waals surface area contributed by atoms with Crippen molar-refractivity contribution >= 4 is 38.4 Å². The van der Waals surface area contributed by atoms with Crippen LogP contribution < -0.4 is 5.73 Å². The maximum Gasteiger partial charge on any atom is 0.125 e. The van der Waals surface area contributed by atoms with Gasteiger partial charge in [0.1, 0.15) is 4.60 Å². The Morgan fingerprint density at radius 1 is 1.38 bits per heavy atom. The molecule has 0 aliphatic rings. The lowest BCUT2D eigenvalue weighted by Gasteiger charge is -2.02. The summed E-state index contributed by atoms with van der Waals surface area (Å²) in [4.78, 5) is 4.31. The summed E-state index contributed by atoms with van der Waals surface area (Å²) in [6.45, 7) is 0.526. The molecule has 0 fully saturated rings. The first-order chi connectivity index (χ1) is 7.70. The van der Waals surface area contributed by atoms with E-state index in [1.54, 1.807) is 0 Å². The van der Waals surface area contributed by atoms with Crippen LogP contribution in [0.4, 0.5) is 0 Å². The van der Waals surface area contributed by atoms with Crippen LogP contribution in [0.25, 0.3) is 10.9 Å². The van der Waals surface area contributed by atoms with Crippen molar-refractivity contribution in [2.24, 2.45) is 5.73 Å². The third-order valence-electron chi connectivity index (χ3n) is 2.03. The van der Waals surface area contributed by atoms with Crippen LogP contribution >= 0.6 is 27.5 Å². The van der Waals surface area contributed by atoms with Crippen LogP contribution in [-0.2, 0) is 6.54 Å². The first-order valence-corrected chi connectivity index (χ1v) is 5.77. The van der Waals surface area contributed by atoms with Crippen molar-refractivity contribution in [3.8, 4) is 0 Å². The lowest BCUT2D eigenvalue weighted by molar-refractivity contribution is 0.399. The Bertz CT molecular complexity index is 491. The molecular weight excluding hydrogens is 291 g/mol. The van der Waals surface area contributed by atoms with Gasteiger partial charge in [-0.1, -0.05) is 23.7 Å². The number of fused-ring (bicyclic) bond motifs is 1. The van der Waals surface area contributed by atoms with E-state index in [0.717, 1.165) is 23.6 Å². The summed E-state index contributed by atoms with van der Waals surface area (Å²) < 4.78 is 0.667. The lowest BCUT2D eigenvalue weighted by atomic mass is 10.1. The number of pyridine rings is 1. The molecule has 1 aromatic carbocycles. The number of nitrogens with zero attached hydrogens (tertiary/aromatic N) is 1. The molecule has 0 unspecified atom stereocenters. The van der Waals surface area contributed by atoms with Gasteiger partial charge in [0.05, 0.1) is 10.5 Å². The fourth-order valence-electron chi connectivity index (χ4n) is 1.29. The van der Waals surface area contributed by atoms with Gasteiger partial charge in [-0.25, -0.2) is 4.98 Å². The van der Waals surface area contributed by atoms with E-state index >= 15 is 0 Å². The highest BCUT2D eigenvalue weighted by molar-refractivity contribution is 9.10. The van der Waals surface area contributed by atoms with Gasteiger partial charge in [-0.15, -0.1) is 0 Å². The van der Waals surface area contributed by atoms with Crippen LogP contribution in [0.1, 0.15) is 5.56 Å². The summed E-state index contributed by atoms with van der Waals surface area (Å²) >= 11 is 9.22. The quantitative estimate of drug-likeness (QED) is 0.796. The van der Waals surface area contributed by atoms with E-state index in [1.807, 2.05) is 24.3 Å². The van der Waals surface area contributed by atoms with E-state index in [-0.39, 0.29) is 0 Å². The van der Waals surface area contributed by atoms with Crippen LogP contribution in [-0.4, -0.2) is 17.2 Å². The smallest absolute Gasteiger partial charge is 0.125 e. The highest BCUT2D eigenvalue weighted by Crippen LogP contribution is 2.25. The lowest BCUT2D eigenvalue weighted by Crippen LogP contribution is -1.96. The third-order valence-corrected chi connectivity index (χ3v) is 3.15. The first-order valence-electron chi connectivity index (χ1n) is 4.60. The zero-order chi connectivity index (χ0) is 12.1. The highest BCUT2D eigenvalue weighted by Gasteiger charge is 2.02. The molecule has 16 heavy (non-hydrogen) atoms. The Kier molecular flexibility index (Phi) is 5.15. The number of aliphatic hydroxyl groups is 1. The number of aromatic nitrogens is 1. The van der Waals surface area contributed by atoms with Crippen molar-refractivity contribution < 1.29 is 5.11 Å². The van der Waals surface area contributed by atoms with Crippen molar-refractivity contribution in [3.05, 3.63) is 39.5 Å². The average Bonchev–Trinajstić information content (AvgIpc) is 2.33. The van der Waals surface area contributed by atoms with Crippen LogP contribution in [0.5, 0.6) is 0 Å². The molecule has 0 aliphatic heterocycles. The second-order valence-electron chi connectivity index (χ2n) is 2.99. The van der Waals surface area contributed by atoms with E-state index in [1.165, 1.54) is 0 Å². The molecule has 3 N–H and O–H groups in total. The van der Waals surface area contributed by atoms with E-state index in [9.17, 15) is 0 Å². The number of halogens is 2. The van der Waals surface area contributed by atoms with Gasteiger partial charge < -0.3 is 10.8 Å². The van der Waals surface area contributed by atoms with Gasteiger partial charge in [0.25, 0.3) is 0 Å². The fourth-order valence-corrected chi connectivity index (χ4v) is 1.76. The minimum absolute atomic E-state index is 0.526. The Morgan fingerprint density at radius 2 is 2.06 bits per heavy atom. The maximum absolute atomic E-state index is 7.00. The predicted molar refractivity (Wildman–Crippen MR) is 70.5 cm³/mol. The van der Waals surface area contributed by atoms with Crippen LogP contribution in [0.15, 0.2) is 28.9 Å². The number of rotatable bonds is 1. The highest BCUT2D eigenvalue weighted by atomic mass is 79.9. The van der Waals surface area contributed by atoms with Crippen molar-refractivity contribution in [2.45, 2.75) is 6.54 Å². The minimum atomic E-state index is 0.526. The Morgan fingerprint density at radius 3 is 2.69 bits per heavy atom. The largest absolute Gasteiger partial charge is 0.400 e. The maximum atomic E-state index is 7.00. The summed E-state index contributed by atoms with van der Waals surface area (Å²) in [6, 6.07) is 7.81. The van der Waals surface area contributed by atoms with Crippen molar-refractivity contribution in [1.29, 1.82) is 0 Å². The molecule has 0 atom stereocenters. The average molecular weight is 304 g/mol. The van der Waals surface area contributed by atoms with Gasteiger partial charge in [0.2, 0.25) is 0 Å². The molecule has 5 heteroatoms. The second kappa shape index (κ2) is 6.15. The van der Waals surface area contributed by atoms with Crippen LogP contribution in [0.2, 0.25) is 5.02 Å². The normalized spacial score (nSPS) is 9.81. The van der Waals surface area contributed by atoms with Gasteiger partial charge >= 0.3 is 0 Å². The molecule has 3 nitrogen and oxygen atoms in total. The molecule has 0 bridgehead atoms. The number of nitrogens with two attached hydrogens (primary N) is 1. The van der Waals surface area contributed by atoms with Crippen molar-refractivity contribution in [2.75, 3.05) is 7.11 Å². The molecule has 0 amide bonds. The molecule has 2 rings (SSSR count). The fraction of sp³-hybridized carbons (Fsp3) is 0.182. The monoisotopic (exact) mass is 302 g/mol. The minimum Gasteiger partial charge on any atom is -0.400 e. The van der Waals surface area contributed by atoms with Gasteiger partial charge in [0, 0.05) is 19.0 Å². The zero-order valence-electron chi connectivity index (χ0n) is 8.74. The summed E-state index contributed by atoms with van der Waals surface area (Å²) in [7, 11) is 1.00. The summed E-state index contributed by atoms with van der Waals surface area (Å²) in [5.74, 6) is 0. The summed E-state index contributed by atoms with van der Waals surface area (Å²) in [6.07, 6.45) is 0. The topological polar surface area (TPSA) is 59.1 Å². The van der Waals surface area contributed by atoms with Crippen molar-refractivity contribution in [1.82, 2.24) is 4.98 Å². The van der Waals surface area contributed by atoms with Gasteiger partial charge in [-0.2, -0.15) is 0 Å². The molecule has 0 saturated heterocycles. The number of hydrogen-bond donors (Lipinski definition) is 2. The SMILES string of the molecule is CO.NCc1ccc2cc(Cl)c(Br)nc2c1. The molecule has 2 aromatic rings. The molecule has 0 aliphatic carbocycles. The molecule has 1 heterocycles. The third kappa shape index (κ3) is 2.92. The van der Waals surface area contributed by atoms with Gasteiger partial charge in [0.15, 0.2) is 0 Å². The standard InChI is InChI=1S/C10H8BrClN2.CH4O/c11-10-8(12)4-7-2-1-6(5-13)3-9(7)14-10;1-2/h1-4H,5,13H2;2H,1H3. The summed E-state index contributed by atoms with van der Waals surface area (Å²) in [5.41, 5.74) is 7.52. The Balaban J connectivity index is 0.000000606. The number of aliphatic hydroxyl groups excluding tert-OH is 1. The molecule has 86 valence electrons. The number of hydrogen-bond acceptors (Lipinski definition) is 3. The van der Waals surface area contributed by atoms with Crippen LogP contribution in [0.3, 0.4) is 0 Å². The van der Waals surface area contributed by atoms with Gasteiger partial charge in [-0.3, -0.25) is 0 Å². The molecule has 1 aromatic heterocycles.